The Morgan fingerprint density at radius 3 is 2.59 bits per heavy atom. The largest absolute Gasteiger partial charge is 0.388 e. The molecule has 2 amide bonds. The van der Waals surface area contributed by atoms with Gasteiger partial charge < -0.3 is 15.7 Å². The fourth-order valence-corrected chi connectivity index (χ4v) is 4.31. The first-order chi connectivity index (χ1) is 10.3. The minimum Gasteiger partial charge on any atom is -0.388 e. The molecule has 130 valence electrons. The second-order valence-electron chi connectivity index (χ2n) is 6.59. The van der Waals surface area contributed by atoms with Crippen molar-refractivity contribution in [1.82, 2.24) is 10.6 Å². The van der Waals surface area contributed by atoms with E-state index in [1.807, 2.05) is 20.8 Å². The van der Waals surface area contributed by atoms with Gasteiger partial charge in [-0.2, -0.15) is 0 Å². The van der Waals surface area contributed by atoms with Crippen LogP contribution < -0.4 is 10.6 Å². The summed E-state index contributed by atoms with van der Waals surface area (Å²) < 4.78 is 12.1. The van der Waals surface area contributed by atoms with Crippen LogP contribution in [0.5, 0.6) is 0 Å². The highest BCUT2D eigenvalue weighted by molar-refractivity contribution is 7.85. The van der Waals surface area contributed by atoms with Gasteiger partial charge in [0.15, 0.2) is 0 Å². The molecule has 0 heterocycles. The first-order valence-corrected chi connectivity index (χ1v) is 9.83. The van der Waals surface area contributed by atoms with Crippen LogP contribution in [0.2, 0.25) is 0 Å². The van der Waals surface area contributed by atoms with Gasteiger partial charge in [0.2, 0.25) is 0 Å². The van der Waals surface area contributed by atoms with E-state index in [4.69, 9.17) is 0 Å². The summed E-state index contributed by atoms with van der Waals surface area (Å²) in [5, 5.41) is 16.1. The molecule has 5 unspecified atom stereocenters. The van der Waals surface area contributed by atoms with Gasteiger partial charge in [-0.3, -0.25) is 4.21 Å². The molecule has 1 fully saturated rings. The van der Waals surface area contributed by atoms with Crippen LogP contribution in [-0.2, 0) is 10.8 Å². The van der Waals surface area contributed by atoms with E-state index in [0.29, 0.717) is 5.75 Å². The first kappa shape index (κ1) is 19.4. The molecule has 1 saturated carbocycles. The minimum absolute atomic E-state index is 0.0249. The number of amides is 2. The van der Waals surface area contributed by atoms with Gasteiger partial charge in [-0.25, -0.2) is 4.79 Å². The smallest absolute Gasteiger partial charge is 0.315 e. The lowest BCUT2D eigenvalue weighted by Gasteiger charge is -2.33. The molecule has 0 radical (unpaired) electrons. The summed E-state index contributed by atoms with van der Waals surface area (Å²) in [7, 11) is -0.882. The van der Waals surface area contributed by atoms with Crippen molar-refractivity contribution in [2.45, 2.75) is 76.7 Å². The summed E-state index contributed by atoms with van der Waals surface area (Å²) in [5.41, 5.74) is -0.912. The van der Waals surface area contributed by atoms with Crippen LogP contribution in [0.25, 0.3) is 0 Å². The van der Waals surface area contributed by atoms with Gasteiger partial charge in [0, 0.05) is 29.1 Å². The van der Waals surface area contributed by atoms with Gasteiger partial charge >= 0.3 is 6.03 Å². The standard InChI is InChI=1S/C16H32N2O3S/c1-5-12(3)16(4,20)11-17-15(19)18-13-9-7-8-10-14(13)22(21)6-2/h12-14,20H,5-11H2,1-4H3,(H2,17,18,19). The molecule has 0 aromatic carbocycles. The SMILES string of the molecule is CCC(C)C(C)(O)CNC(=O)NC1CCCCC1S(=O)CC. The zero-order valence-corrected chi connectivity index (χ0v) is 15.2. The zero-order chi connectivity index (χ0) is 16.8. The highest BCUT2D eigenvalue weighted by atomic mass is 32.2. The molecule has 5 atom stereocenters. The number of rotatable bonds is 7. The predicted octanol–water partition coefficient (Wildman–Crippen LogP) is 2.16. The van der Waals surface area contributed by atoms with E-state index in [0.717, 1.165) is 32.1 Å². The van der Waals surface area contributed by atoms with Crippen molar-refractivity contribution in [3.05, 3.63) is 0 Å². The summed E-state index contributed by atoms with van der Waals surface area (Å²) in [6, 6.07) is -0.295. The molecule has 3 N–H and O–H groups in total. The van der Waals surface area contributed by atoms with Crippen LogP contribution in [-0.4, -0.2) is 44.5 Å². The van der Waals surface area contributed by atoms with Gasteiger partial charge in [0.25, 0.3) is 0 Å². The maximum absolute atomic E-state index is 12.1. The van der Waals surface area contributed by atoms with Crippen LogP contribution in [0.15, 0.2) is 0 Å². The lowest BCUT2D eigenvalue weighted by atomic mass is 9.89. The van der Waals surface area contributed by atoms with Crippen molar-refractivity contribution < 1.29 is 14.1 Å². The molecule has 0 aliphatic heterocycles. The molecular weight excluding hydrogens is 300 g/mol. The Morgan fingerprint density at radius 1 is 1.36 bits per heavy atom. The number of urea groups is 1. The molecule has 1 aliphatic rings. The lowest BCUT2D eigenvalue weighted by Crippen LogP contribution is -2.53. The lowest BCUT2D eigenvalue weighted by molar-refractivity contribution is 0.00781. The number of nitrogens with one attached hydrogen (secondary N) is 2. The molecule has 0 aromatic heterocycles. The quantitative estimate of drug-likeness (QED) is 0.668. The van der Waals surface area contributed by atoms with Crippen molar-refractivity contribution in [1.29, 1.82) is 0 Å². The topological polar surface area (TPSA) is 78.4 Å². The van der Waals surface area contributed by atoms with Gasteiger partial charge in [-0.1, -0.05) is 40.0 Å². The molecule has 5 nitrogen and oxygen atoms in total. The third kappa shape index (κ3) is 5.54. The van der Waals surface area contributed by atoms with Crippen LogP contribution in [0, 0.1) is 5.92 Å². The highest BCUT2D eigenvalue weighted by Gasteiger charge is 2.31. The van der Waals surface area contributed by atoms with Crippen molar-refractivity contribution in [2.24, 2.45) is 5.92 Å². The number of hydrogen-bond donors (Lipinski definition) is 3. The van der Waals surface area contributed by atoms with Crippen LogP contribution >= 0.6 is 0 Å². The fourth-order valence-electron chi connectivity index (χ4n) is 2.88. The average Bonchev–Trinajstić information content (AvgIpc) is 2.52. The second kappa shape index (κ2) is 8.87. The molecule has 1 rings (SSSR count). The normalized spacial score (nSPS) is 27.5. The number of carbonyl (C=O) groups is 1. The number of aliphatic hydroxyl groups is 1. The summed E-state index contributed by atoms with van der Waals surface area (Å²) in [4.78, 5) is 12.1. The third-order valence-electron chi connectivity index (χ3n) is 4.92. The average molecular weight is 333 g/mol. The van der Waals surface area contributed by atoms with Crippen LogP contribution in [0.3, 0.4) is 0 Å². The fraction of sp³-hybridized carbons (Fsp3) is 0.938. The summed E-state index contributed by atoms with van der Waals surface area (Å²) in [6.45, 7) is 7.89. The maximum atomic E-state index is 12.1. The highest BCUT2D eigenvalue weighted by Crippen LogP contribution is 2.23. The Morgan fingerprint density at radius 2 is 2.00 bits per heavy atom. The van der Waals surface area contributed by atoms with E-state index in [1.165, 1.54) is 0 Å². The van der Waals surface area contributed by atoms with Crippen molar-refractivity contribution in [3.63, 3.8) is 0 Å². The molecule has 22 heavy (non-hydrogen) atoms. The summed E-state index contributed by atoms with van der Waals surface area (Å²) in [6.07, 6.45) is 4.80. The van der Waals surface area contributed by atoms with Crippen LogP contribution in [0.1, 0.15) is 59.8 Å². The van der Waals surface area contributed by atoms with E-state index in [-0.39, 0.29) is 29.8 Å². The van der Waals surface area contributed by atoms with Gasteiger partial charge in [0.05, 0.1) is 10.9 Å². The van der Waals surface area contributed by atoms with Crippen molar-refractivity contribution in [2.75, 3.05) is 12.3 Å². The molecule has 6 heteroatoms. The zero-order valence-electron chi connectivity index (χ0n) is 14.4. The van der Waals surface area contributed by atoms with E-state index in [1.54, 1.807) is 6.92 Å². The molecular formula is C16H32N2O3S. The molecule has 0 spiro atoms. The summed E-state index contributed by atoms with van der Waals surface area (Å²) in [5.74, 6) is 0.746. The van der Waals surface area contributed by atoms with Gasteiger partial charge in [0.1, 0.15) is 0 Å². The Bertz CT molecular complexity index is 388. The van der Waals surface area contributed by atoms with Crippen molar-refractivity contribution >= 4 is 16.8 Å². The minimum atomic E-state index is -0.912. The summed E-state index contributed by atoms with van der Waals surface area (Å²) >= 11 is 0. The molecule has 0 aromatic rings. The maximum Gasteiger partial charge on any atom is 0.315 e. The van der Waals surface area contributed by atoms with Gasteiger partial charge in [-0.05, 0) is 25.7 Å². The van der Waals surface area contributed by atoms with E-state index in [9.17, 15) is 14.1 Å². The second-order valence-corrected chi connectivity index (χ2v) is 8.54. The van der Waals surface area contributed by atoms with Crippen LogP contribution in [0.4, 0.5) is 4.79 Å². The molecule has 0 saturated heterocycles. The third-order valence-corrected chi connectivity index (χ3v) is 6.73. The molecule has 0 bridgehead atoms. The predicted molar refractivity (Wildman–Crippen MR) is 91.3 cm³/mol. The van der Waals surface area contributed by atoms with E-state index < -0.39 is 16.4 Å². The Hall–Kier alpha value is -0.620. The van der Waals surface area contributed by atoms with Gasteiger partial charge in [-0.15, -0.1) is 0 Å². The first-order valence-electron chi connectivity index (χ1n) is 8.45. The number of hydrogen-bond acceptors (Lipinski definition) is 3. The van der Waals surface area contributed by atoms with E-state index >= 15 is 0 Å². The van der Waals surface area contributed by atoms with Crippen molar-refractivity contribution in [3.8, 4) is 0 Å². The Balaban J connectivity index is 2.51. The number of carbonyl (C=O) groups excluding carboxylic acids is 1. The Labute approximate surface area is 137 Å². The monoisotopic (exact) mass is 332 g/mol. The Kier molecular flexibility index (Phi) is 7.83. The van der Waals surface area contributed by atoms with E-state index in [2.05, 4.69) is 10.6 Å². The molecule has 1 aliphatic carbocycles.